The highest BCUT2D eigenvalue weighted by Crippen LogP contribution is 2.27. The SMILES string of the molecule is Cc1nc(-c2cccc(NC(=O)COc3cc(F)ccc3[N+](=O)[O-])c2)cs1. The number of carbonyl (C=O) groups excluding carboxylic acids is 1. The van der Waals surface area contributed by atoms with E-state index in [9.17, 15) is 19.3 Å². The number of amides is 1. The van der Waals surface area contributed by atoms with Gasteiger partial charge in [-0.25, -0.2) is 9.37 Å². The second kappa shape index (κ2) is 7.92. The number of rotatable bonds is 6. The molecule has 138 valence electrons. The third kappa shape index (κ3) is 4.64. The number of ether oxygens (including phenoxy) is 1. The van der Waals surface area contributed by atoms with E-state index in [4.69, 9.17) is 4.74 Å². The minimum absolute atomic E-state index is 0.304. The van der Waals surface area contributed by atoms with Crippen LogP contribution >= 0.6 is 11.3 Å². The summed E-state index contributed by atoms with van der Waals surface area (Å²) in [5.74, 6) is -1.52. The van der Waals surface area contributed by atoms with Crippen LogP contribution in [0.25, 0.3) is 11.3 Å². The fourth-order valence-electron chi connectivity index (χ4n) is 2.35. The Hall–Kier alpha value is -3.33. The van der Waals surface area contributed by atoms with Crippen LogP contribution in [0.15, 0.2) is 47.8 Å². The minimum atomic E-state index is -0.702. The number of carbonyl (C=O) groups is 1. The van der Waals surface area contributed by atoms with E-state index in [1.807, 2.05) is 18.4 Å². The van der Waals surface area contributed by atoms with Crippen LogP contribution in [0.1, 0.15) is 5.01 Å². The molecule has 0 fully saturated rings. The first-order valence-electron chi connectivity index (χ1n) is 7.81. The molecule has 0 bridgehead atoms. The first kappa shape index (κ1) is 18.5. The molecule has 0 aliphatic heterocycles. The van der Waals surface area contributed by atoms with Gasteiger partial charge in [0.2, 0.25) is 5.75 Å². The molecule has 7 nitrogen and oxygen atoms in total. The Morgan fingerprint density at radius 3 is 2.85 bits per heavy atom. The highest BCUT2D eigenvalue weighted by atomic mass is 32.1. The molecule has 1 heterocycles. The van der Waals surface area contributed by atoms with Crippen LogP contribution in [-0.2, 0) is 4.79 Å². The maximum Gasteiger partial charge on any atom is 0.311 e. The van der Waals surface area contributed by atoms with Crippen molar-refractivity contribution in [1.29, 1.82) is 0 Å². The molecule has 0 saturated carbocycles. The maximum absolute atomic E-state index is 13.3. The topological polar surface area (TPSA) is 94.4 Å². The van der Waals surface area contributed by atoms with Crippen molar-refractivity contribution in [2.75, 3.05) is 11.9 Å². The monoisotopic (exact) mass is 387 g/mol. The summed E-state index contributed by atoms with van der Waals surface area (Å²) >= 11 is 1.53. The van der Waals surface area contributed by atoms with Crippen molar-refractivity contribution in [3.63, 3.8) is 0 Å². The van der Waals surface area contributed by atoms with Crippen molar-refractivity contribution in [2.24, 2.45) is 0 Å². The van der Waals surface area contributed by atoms with Gasteiger partial charge in [-0.2, -0.15) is 0 Å². The zero-order valence-corrected chi connectivity index (χ0v) is 15.0. The Bertz CT molecular complexity index is 1010. The minimum Gasteiger partial charge on any atom is -0.477 e. The molecule has 9 heteroatoms. The van der Waals surface area contributed by atoms with Crippen molar-refractivity contribution in [3.8, 4) is 17.0 Å². The lowest BCUT2D eigenvalue weighted by Gasteiger charge is -2.09. The van der Waals surface area contributed by atoms with Crippen LogP contribution in [0, 0.1) is 22.9 Å². The lowest BCUT2D eigenvalue weighted by molar-refractivity contribution is -0.385. The van der Waals surface area contributed by atoms with E-state index < -0.39 is 28.9 Å². The fraction of sp³-hybridized carbons (Fsp3) is 0.111. The Balaban J connectivity index is 1.67. The predicted octanol–water partition coefficient (Wildman–Crippen LogP) is 4.18. The van der Waals surface area contributed by atoms with Crippen LogP contribution < -0.4 is 10.1 Å². The Morgan fingerprint density at radius 1 is 1.33 bits per heavy atom. The quantitative estimate of drug-likeness (QED) is 0.506. The van der Waals surface area contributed by atoms with Crippen molar-refractivity contribution in [3.05, 3.63) is 68.8 Å². The van der Waals surface area contributed by atoms with E-state index in [-0.39, 0.29) is 5.75 Å². The van der Waals surface area contributed by atoms with E-state index in [0.717, 1.165) is 34.5 Å². The van der Waals surface area contributed by atoms with Gasteiger partial charge in [-0.3, -0.25) is 14.9 Å². The summed E-state index contributed by atoms with van der Waals surface area (Å²) in [5, 5.41) is 16.4. The average Bonchev–Trinajstić information content (AvgIpc) is 3.06. The summed E-state index contributed by atoms with van der Waals surface area (Å²) in [5.41, 5.74) is 1.77. The molecule has 2 aromatic carbocycles. The van der Waals surface area contributed by atoms with E-state index in [1.165, 1.54) is 11.3 Å². The van der Waals surface area contributed by atoms with Crippen LogP contribution in [0.5, 0.6) is 5.75 Å². The zero-order valence-electron chi connectivity index (χ0n) is 14.1. The number of nitrogens with zero attached hydrogens (tertiary/aromatic N) is 2. The largest absolute Gasteiger partial charge is 0.477 e. The smallest absolute Gasteiger partial charge is 0.311 e. The van der Waals surface area contributed by atoms with Crippen LogP contribution in [0.2, 0.25) is 0 Å². The van der Waals surface area contributed by atoms with E-state index in [1.54, 1.807) is 18.2 Å². The molecule has 0 saturated heterocycles. The van der Waals surface area contributed by atoms with E-state index in [2.05, 4.69) is 10.3 Å². The van der Waals surface area contributed by atoms with Gasteiger partial charge >= 0.3 is 5.69 Å². The van der Waals surface area contributed by atoms with E-state index in [0.29, 0.717) is 5.69 Å². The summed E-state index contributed by atoms with van der Waals surface area (Å²) in [6.07, 6.45) is 0. The molecule has 27 heavy (non-hydrogen) atoms. The van der Waals surface area contributed by atoms with Gasteiger partial charge in [0, 0.05) is 28.8 Å². The lowest BCUT2D eigenvalue weighted by atomic mass is 10.1. The highest BCUT2D eigenvalue weighted by molar-refractivity contribution is 7.09. The number of benzene rings is 2. The van der Waals surface area contributed by atoms with Crippen LogP contribution in [0.4, 0.5) is 15.8 Å². The Morgan fingerprint density at radius 2 is 2.15 bits per heavy atom. The van der Waals surface area contributed by atoms with Crippen LogP contribution in [0.3, 0.4) is 0 Å². The number of halogens is 1. The molecule has 0 unspecified atom stereocenters. The highest BCUT2D eigenvalue weighted by Gasteiger charge is 2.17. The predicted molar refractivity (Wildman–Crippen MR) is 99.5 cm³/mol. The molecular weight excluding hydrogens is 373 g/mol. The van der Waals surface area contributed by atoms with Gasteiger partial charge in [-0.05, 0) is 25.1 Å². The van der Waals surface area contributed by atoms with Gasteiger partial charge in [-0.1, -0.05) is 12.1 Å². The molecule has 1 aromatic heterocycles. The Labute approximate surface area is 157 Å². The van der Waals surface area contributed by atoms with Crippen molar-refractivity contribution in [1.82, 2.24) is 4.98 Å². The summed E-state index contributed by atoms with van der Waals surface area (Å²) < 4.78 is 18.4. The van der Waals surface area contributed by atoms with Gasteiger partial charge in [0.15, 0.2) is 6.61 Å². The van der Waals surface area contributed by atoms with Gasteiger partial charge in [-0.15, -0.1) is 11.3 Å². The number of hydrogen-bond donors (Lipinski definition) is 1. The van der Waals surface area contributed by atoms with Gasteiger partial charge in [0.1, 0.15) is 5.82 Å². The average molecular weight is 387 g/mol. The number of aryl methyl sites for hydroxylation is 1. The van der Waals surface area contributed by atoms with E-state index >= 15 is 0 Å². The van der Waals surface area contributed by atoms with Crippen molar-refractivity contribution < 1.29 is 18.8 Å². The Kier molecular flexibility index (Phi) is 5.41. The third-order valence-corrected chi connectivity index (χ3v) is 4.31. The molecule has 0 aliphatic carbocycles. The molecule has 0 radical (unpaired) electrons. The number of nitro groups is 1. The lowest BCUT2D eigenvalue weighted by Crippen LogP contribution is -2.20. The second-order valence-corrected chi connectivity index (χ2v) is 6.60. The second-order valence-electron chi connectivity index (χ2n) is 5.54. The van der Waals surface area contributed by atoms with Crippen molar-refractivity contribution >= 4 is 28.6 Å². The van der Waals surface area contributed by atoms with Gasteiger partial charge < -0.3 is 10.1 Å². The summed E-state index contributed by atoms with van der Waals surface area (Å²) in [6.45, 7) is 1.41. The van der Waals surface area contributed by atoms with Crippen molar-refractivity contribution in [2.45, 2.75) is 6.92 Å². The molecule has 3 rings (SSSR count). The summed E-state index contributed by atoms with van der Waals surface area (Å²) in [6, 6.07) is 9.92. The molecule has 3 aromatic rings. The number of anilines is 1. The van der Waals surface area contributed by atoms with Gasteiger partial charge in [0.25, 0.3) is 5.91 Å². The molecule has 1 amide bonds. The number of nitro benzene ring substituents is 1. The number of nitrogens with one attached hydrogen (secondary N) is 1. The normalized spacial score (nSPS) is 10.4. The number of thiazole rings is 1. The summed E-state index contributed by atoms with van der Waals surface area (Å²) in [7, 11) is 0. The zero-order chi connectivity index (χ0) is 19.4. The van der Waals surface area contributed by atoms with Crippen LogP contribution in [-0.4, -0.2) is 22.4 Å². The molecule has 0 spiro atoms. The summed E-state index contributed by atoms with van der Waals surface area (Å²) in [4.78, 5) is 26.7. The fourth-order valence-corrected chi connectivity index (χ4v) is 2.97. The molecular formula is C18H14FN3O4S. The standard InChI is InChI=1S/C18H14FN3O4S/c1-11-20-15(10-27-11)12-3-2-4-14(7-12)21-18(23)9-26-17-8-13(19)5-6-16(17)22(24)25/h2-8,10H,9H2,1H3,(H,21,23). The third-order valence-electron chi connectivity index (χ3n) is 3.54. The first-order chi connectivity index (χ1) is 12.9. The number of aromatic nitrogens is 1. The molecule has 1 N–H and O–H groups in total. The molecule has 0 atom stereocenters. The maximum atomic E-state index is 13.3. The number of hydrogen-bond acceptors (Lipinski definition) is 6. The molecule has 0 aliphatic rings. The first-order valence-corrected chi connectivity index (χ1v) is 8.69. The van der Waals surface area contributed by atoms with Gasteiger partial charge in [0.05, 0.1) is 15.6 Å².